The van der Waals surface area contributed by atoms with E-state index in [9.17, 15) is 5.11 Å². The van der Waals surface area contributed by atoms with Crippen LogP contribution in [0, 0.1) is 12.8 Å². The summed E-state index contributed by atoms with van der Waals surface area (Å²) in [7, 11) is 0. The van der Waals surface area contributed by atoms with E-state index in [0.717, 1.165) is 13.0 Å². The molecule has 1 aliphatic heterocycles. The van der Waals surface area contributed by atoms with Gasteiger partial charge in [-0.05, 0) is 30.9 Å². The van der Waals surface area contributed by atoms with Crippen molar-refractivity contribution in [1.82, 2.24) is 0 Å². The second-order valence-corrected chi connectivity index (χ2v) is 5.05. The van der Waals surface area contributed by atoms with Crippen molar-refractivity contribution >= 4 is 5.69 Å². The third-order valence-corrected chi connectivity index (χ3v) is 3.83. The molecule has 2 atom stereocenters. The summed E-state index contributed by atoms with van der Waals surface area (Å²) in [5, 5.41) is 9.51. The second-order valence-electron chi connectivity index (χ2n) is 5.05. The number of aliphatic hydroxyl groups excluding tert-OH is 1. The zero-order chi connectivity index (χ0) is 12.4. The van der Waals surface area contributed by atoms with Crippen LogP contribution >= 0.6 is 0 Å². The highest BCUT2D eigenvalue weighted by atomic mass is 16.3. The first-order valence-electron chi connectivity index (χ1n) is 6.34. The van der Waals surface area contributed by atoms with Crippen LogP contribution in [0.2, 0.25) is 0 Å². The highest BCUT2D eigenvalue weighted by molar-refractivity contribution is 5.56. The van der Waals surface area contributed by atoms with Gasteiger partial charge in [0.25, 0.3) is 0 Å². The van der Waals surface area contributed by atoms with E-state index in [1.54, 1.807) is 0 Å². The van der Waals surface area contributed by atoms with Crippen molar-refractivity contribution < 1.29 is 5.11 Å². The molecule has 0 spiro atoms. The van der Waals surface area contributed by atoms with Gasteiger partial charge >= 0.3 is 0 Å². The molecule has 3 heteroatoms. The standard InChI is InChI=1S/C14H22N2O/c1-10-3-4-13(12(7-10)8-15)16-6-5-11(2)14(16)9-17/h3-4,7,11,14,17H,5-6,8-9,15H2,1-2H3. The SMILES string of the molecule is Cc1ccc(N2CCC(C)C2CO)c(CN)c1. The summed E-state index contributed by atoms with van der Waals surface area (Å²) in [5.74, 6) is 0.548. The van der Waals surface area contributed by atoms with Gasteiger partial charge in [-0.2, -0.15) is 0 Å². The topological polar surface area (TPSA) is 49.5 Å². The van der Waals surface area contributed by atoms with Gasteiger partial charge in [0.05, 0.1) is 12.6 Å². The minimum absolute atomic E-state index is 0.221. The Morgan fingerprint density at radius 3 is 2.88 bits per heavy atom. The van der Waals surface area contributed by atoms with Crippen LogP contribution in [-0.4, -0.2) is 24.3 Å². The Kier molecular flexibility index (Phi) is 3.69. The van der Waals surface area contributed by atoms with Crippen molar-refractivity contribution in [3.05, 3.63) is 29.3 Å². The van der Waals surface area contributed by atoms with Crippen LogP contribution in [0.25, 0.3) is 0 Å². The number of benzene rings is 1. The Morgan fingerprint density at radius 2 is 2.24 bits per heavy atom. The molecule has 0 aromatic heterocycles. The maximum atomic E-state index is 9.51. The third-order valence-electron chi connectivity index (χ3n) is 3.83. The molecule has 1 aliphatic rings. The van der Waals surface area contributed by atoms with Crippen LogP contribution in [0.5, 0.6) is 0 Å². The average molecular weight is 234 g/mol. The minimum atomic E-state index is 0.221. The Labute approximate surface area is 103 Å². The zero-order valence-corrected chi connectivity index (χ0v) is 10.7. The van der Waals surface area contributed by atoms with Gasteiger partial charge < -0.3 is 15.7 Å². The molecule has 2 rings (SSSR count). The van der Waals surface area contributed by atoms with Crippen LogP contribution < -0.4 is 10.6 Å². The number of aryl methyl sites for hydroxylation is 1. The monoisotopic (exact) mass is 234 g/mol. The normalized spacial score (nSPS) is 24.4. The first-order valence-corrected chi connectivity index (χ1v) is 6.34. The molecule has 1 heterocycles. The fourth-order valence-corrected chi connectivity index (χ4v) is 2.74. The zero-order valence-electron chi connectivity index (χ0n) is 10.7. The predicted octanol–water partition coefficient (Wildman–Crippen LogP) is 1.66. The number of nitrogens with two attached hydrogens (primary N) is 1. The van der Waals surface area contributed by atoms with E-state index in [-0.39, 0.29) is 12.6 Å². The molecule has 0 radical (unpaired) electrons. The molecule has 3 N–H and O–H groups in total. The molecule has 1 aromatic carbocycles. The summed E-state index contributed by atoms with van der Waals surface area (Å²) in [6.07, 6.45) is 1.14. The molecule has 0 bridgehead atoms. The van der Waals surface area contributed by atoms with Gasteiger partial charge in [-0.25, -0.2) is 0 Å². The molecular weight excluding hydrogens is 212 g/mol. The number of aliphatic hydroxyl groups is 1. The molecule has 94 valence electrons. The third kappa shape index (κ3) is 2.31. The second kappa shape index (κ2) is 5.07. The van der Waals surface area contributed by atoms with Crippen LogP contribution in [-0.2, 0) is 6.54 Å². The lowest BCUT2D eigenvalue weighted by atomic mass is 10.0. The molecule has 0 saturated carbocycles. The first-order chi connectivity index (χ1) is 8.17. The largest absolute Gasteiger partial charge is 0.394 e. The van der Waals surface area contributed by atoms with E-state index < -0.39 is 0 Å². The van der Waals surface area contributed by atoms with Gasteiger partial charge in [-0.3, -0.25) is 0 Å². The van der Waals surface area contributed by atoms with Gasteiger partial charge in [0.15, 0.2) is 0 Å². The molecule has 1 saturated heterocycles. The smallest absolute Gasteiger partial charge is 0.0637 e. The fourth-order valence-electron chi connectivity index (χ4n) is 2.74. The van der Waals surface area contributed by atoms with Gasteiger partial charge in [-0.1, -0.05) is 24.6 Å². The molecule has 17 heavy (non-hydrogen) atoms. The fraction of sp³-hybridized carbons (Fsp3) is 0.571. The summed E-state index contributed by atoms with van der Waals surface area (Å²) >= 11 is 0. The van der Waals surface area contributed by atoms with E-state index >= 15 is 0 Å². The molecule has 3 nitrogen and oxygen atoms in total. The van der Waals surface area contributed by atoms with Crippen molar-refractivity contribution in [2.75, 3.05) is 18.1 Å². The van der Waals surface area contributed by atoms with E-state index in [4.69, 9.17) is 5.73 Å². The Morgan fingerprint density at radius 1 is 1.47 bits per heavy atom. The van der Waals surface area contributed by atoms with Gasteiger partial charge in [0.2, 0.25) is 0 Å². The molecule has 1 fully saturated rings. The van der Waals surface area contributed by atoms with Crippen molar-refractivity contribution in [2.45, 2.75) is 32.9 Å². The van der Waals surface area contributed by atoms with E-state index in [1.165, 1.54) is 16.8 Å². The quantitative estimate of drug-likeness (QED) is 0.836. The highest BCUT2D eigenvalue weighted by Crippen LogP contribution is 2.32. The van der Waals surface area contributed by atoms with Crippen LogP contribution in [0.15, 0.2) is 18.2 Å². The van der Waals surface area contributed by atoms with E-state index in [0.29, 0.717) is 12.5 Å². The number of anilines is 1. The van der Waals surface area contributed by atoms with Crippen molar-refractivity contribution in [3.63, 3.8) is 0 Å². The molecule has 0 amide bonds. The number of nitrogens with zero attached hydrogens (tertiary/aromatic N) is 1. The van der Waals surface area contributed by atoms with E-state index in [2.05, 4.69) is 36.9 Å². The Bertz CT molecular complexity index is 392. The number of hydrogen-bond donors (Lipinski definition) is 2. The number of hydrogen-bond acceptors (Lipinski definition) is 3. The predicted molar refractivity (Wildman–Crippen MR) is 71.1 cm³/mol. The van der Waals surface area contributed by atoms with E-state index in [1.807, 2.05) is 0 Å². The van der Waals surface area contributed by atoms with Crippen LogP contribution in [0.1, 0.15) is 24.5 Å². The Hall–Kier alpha value is -1.06. The lowest BCUT2D eigenvalue weighted by molar-refractivity contribution is 0.244. The lowest BCUT2D eigenvalue weighted by Gasteiger charge is -2.29. The first kappa shape index (κ1) is 12.4. The van der Waals surface area contributed by atoms with Gasteiger partial charge in [0.1, 0.15) is 0 Å². The van der Waals surface area contributed by atoms with Crippen molar-refractivity contribution in [2.24, 2.45) is 11.7 Å². The van der Waals surface area contributed by atoms with Crippen LogP contribution in [0.4, 0.5) is 5.69 Å². The molecule has 1 aromatic rings. The lowest BCUT2D eigenvalue weighted by Crippen LogP contribution is -2.36. The average Bonchev–Trinajstić information content (AvgIpc) is 2.70. The van der Waals surface area contributed by atoms with Crippen molar-refractivity contribution in [1.29, 1.82) is 0 Å². The summed E-state index contributed by atoms with van der Waals surface area (Å²) in [6, 6.07) is 6.64. The van der Waals surface area contributed by atoms with Crippen LogP contribution in [0.3, 0.4) is 0 Å². The maximum absolute atomic E-state index is 9.51. The van der Waals surface area contributed by atoms with Crippen molar-refractivity contribution in [3.8, 4) is 0 Å². The molecule has 0 aliphatic carbocycles. The number of rotatable bonds is 3. The summed E-state index contributed by atoms with van der Waals surface area (Å²) < 4.78 is 0. The Balaban J connectivity index is 2.33. The summed E-state index contributed by atoms with van der Waals surface area (Å²) in [4.78, 5) is 2.31. The molecular formula is C14H22N2O. The maximum Gasteiger partial charge on any atom is 0.0637 e. The summed E-state index contributed by atoms with van der Waals surface area (Å²) in [6.45, 7) is 6.08. The van der Waals surface area contributed by atoms with Gasteiger partial charge in [-0.15, -0.1) is 0 Å². The van der Waals surface area contributed by atoms with Gasteiger partial charge in [0, 0.05) is 18.8 Å². The molecule has 2 unspecified atom stereocenters. The minimum Gasteiger partial charge on any atom is -0.394 e. The summed E-state index contributed by atoms with van der Waals surface area (Å²) in [5.41, 5.74) is 9.43. The highest BCUT2D eigenvalue weighted by Gasteiger charge is 2.31.